The molecule has 1 aliphatic rings. The van der Waals surface area contributed by atoms with Crippen molar-refractivity contribution in [3.63, 3.8) is 0 Å². The molecule has 0 amide bonds. The van der Waals surface area contributed by atoms with Gasteiger partial charge in [-0.2, -0.15) is 0 Å². The molecule has 0 aliphatic heterocycles. The first-order valence-corrected chi connectivity index (χ1v) is 8.40. The topological polar surface area (TPSA) is 3.24 Å². The zero-order valence-corrected chi connectivity index (χ0v) is 13.2. The Morgan fingerprint density at radius 1 is 0.773 bits per heavy atom. The summed E-state index contributed by atoms with van der Waals surface area (Å²) in [6.45, 7) is 2.04. The zero-order valence-electron chi connectivity index (χ0n) is 13.2. The summed E-state index contributed by atoms with van der Waals surface area (Å²) in [4.78, 5) is 2.62. The van der Waals surface area contributed by atoms with E-state index in [-0.39, 0.29) is 0 Å². The van der Waals surface area contributed by atoms with Crippen molar-refractivity contribution in [1.82, 2.24) is 4.90 Å². The van der Waals surface area contributed by atoms with Crippen LogP contribution in [0.2, 0.25) is 0 Å². The minimum Gasteiger partial charge on any atom is -0.288 e. The molecule has 1 aliphatic carbocycles. The fourth-order valence-electron chi connectivity index (χ4n) is 3.20. The van der Waals surface area contributed by atoms with E-state index < -0.39 is 0 Å². The Hall–Kier alpha value is -1.86. The van der Waals surface area contributed by atoms with Crippen molar-refractivity contribution in [3.05, 3.63) is 83.9 Å². The Bertz CT molecular complexity index is 532. The third kappa shape index (κ3) is 4.32. The van der Waals surface area contributed by atoms with Gasteiger partial charge in [-0.15, -0.1) is 0 Å². The van der Waals surface area contributed by atoms with Gasteiger partial charge in [-0.25, -0.2) is 0 Å². The number of benzene rings is 2. The second kappa shape index (κ2) is 7.95. The van der Waals surface area contributed by atoms with Gasteiger partial charge in [0.15, 0.2) is 0 Å². The molecule has 0 heterocycles. The minimum atomic E-state index is 0.558. The molecular formula is C21H25N. The Morgan fingerprint density at radius 2 is 1.36 bits per heavy atom. The van der Waals surface area contributed by atoms with Gasteiger partial charge in [0.25, 0.3) is 0 Å². The van der Waals surface area contributed by atoms with Gasteiger partial charge in [-0.05, 0) is 30.4 Å². The molecule has 2 aromatic rings. The van der Waals surface area contributed by atoms with Crippen LogP contribution in [0.15, 0.2) is 72.8 Å². The van der Waals surface area contributed by atoms with Crippen LogP contribution in [0, 0.1) is 0 Å². The van der Waals surface area contributed by atoms with Crippen LogP contribution in [0.1, 0.15) is 36.8 Å². The maximum Gasteiger partial charge on any atom is 0.0285 e. The van der Waals surface area contributed by atoms with E-state index in [1.54, 1.807) is 0 Å². The lowest BCUT2D eigenvalue weighted by atomic mass is 10.1. The average Bonchev–Trinajstić information content (AvgIpc) is 2.85. The van der Waals surface area contributed by atoms with Gasteiger partial charge in [0, 0.05) is 19.1 Å². The molecule has 114 valence electrons. The molecule has 0 fully saturated rings. The Labute approximate surface area is 134 Å². The number of allylic oxidation sites excluding steroid dienone is 1. The van der Waals surface area contributed by atoms with Crippen LogP contribution in [0.25, 0.3) is 0 Å². The highest BCUT2D eigenvalue weighted by atomic mass is 15.1. The number of rotatable bonds is 5. The smallest absolute Gasteiger partial charge is 0.0285 e. The highest BCUT2D eigenvalue weighted by Crippen LogP contribution is 2.21. The minimum absolute atomic E-state index is 0.558. The van der Waals surface area contributed by atoms with E-state index in [0.717, 1.165) is 13.1 Å². The summed E-state index contributed by atoms with van der Waals surface area (Å²) in [6, 6.07) is 22.2. The second-order valence-electron chi connectivity index (χ2n) is 6.16. The lowest BCUT2D eigenvalue weighted by Crippen LogP contribution is -2.32. The van der Waals surface area contributed by atoms with E-state index in [2.05, 4.69) is 77.7 Å². The first-order chi connectivity index (χ1) is 10.9. The zero-order chi connectivity index (χ0) is 15.0. The van der Waals surface area contributed by atoms with Crippen molar-refractivity contribution in [2.24, 2.45) is 0 Å². The van der Waals surface area contributed by atoms with Crippen LogP contribution in [0.4, 0.5) is 0 Å². The fraction of sp³-hybridized carbons (Fsp3) is 0.333. The first kappa shape index (κ1) is 15.1. The molecule has 1 unspecified atom stereocenters. The van der Waals surface area contributed by atoms with Crippen molar-refractivity contribution in [3.8, 4) is 0 Å². The molecule has 22 heavy (non-hydrogen) atoms. The predicted octanol–water partition coefficient (Wildman–Crippen LogP) is 5.19. The number of hydrogen-bond donors (Lipinski definition) is 0. The normalized spacial score (nSPS) is 18.3. The third-order valence-electron chi connectivity index (χ3n) is 4.40. The van der Waals surface area contributed by atoms with Gasteiger partial charge < -0.3 is 0 Å². The summed E-state index contributed by atoms with van der Waals surface area (Å²) in [5.74, 6) is 0. The SMILES string of the molecule is C1=CC(N(Cc2ccccc2)Cc2ccccc2)CCCC1. The van der Waals surface area contributed by atoms with Gasteiger partial charge in [0.2, 0.25) is 0 Å². The largest absolute Gasteiger partial charge is 0.288 e. The summed E-state index contributed by atoms with van der Waals surface area (Å²) in [6.07, 6.45) is 9.98. The molecule has 1 atom stereocenters. The van der Waals surface area contributed by atoms with E-state index in [1.807, 2.05) is 0 Å². The first-order valence-electron chi connectivity index (χ1n) is 8.40. The quantitative estimate of drug-likeness (QED) is 0.685. The second-order valence-corrected chi connectivity index (χ2v) is 6.16. The highest BCUT2D eigenvalue weighted by molar-refractivity contribution is 5.18. The third-order valence-corrected chi connectivity index (χ3v) is 4.40. The fourth-order valence-corrected chi connectivity index (χ4v) is 3.20. The van der Waals surface area contributed by atoms with Crippen LogP contribution < -0.4 is 0 Å². The van der Waals surface area contributed by atoms with Crippen molar-refractivity contribution in [1.29, 1.82) is 0 Å². The standard InChI is InChI=1S/C21H25N/c1-2-10-16-21(15-9-1)22(17-19-11-5-3-6-12-19)18-20-13-7-4-8-14-20/h3-9,11-15,21H,1-2,10,16-18H2. The summed E-state index contributed by atoms with van der Waals surface area (Å²) < 4.78 is 0. The molecule has 0 aromatic heterocycles. The summed E-state index contributed by atoms with van der Waals surface area (Å²) >= 11 is 0. The molecule has 2 aromatic carbocycles. The van der Waals surface area contributed by atoms with Crippen LogP contribution in [-0.2, 0) is 13.1 Å². The summed E-state index contributed by atoms with van der Waals surface area (Å²) in [7, 11) is 0. The molecule has 0 saturated heterocycles. The lowest BCUT2D eigenvalue weighted by Gasteiger charge is -2.29. The summed E-state index contributed by atoms with van der Waals surface area (Å²) in [5, 5.41) is 0. The van der Waals surface area contributed by atoms with Crippen molar-refractivity contribution < 1.29 is 0 Å². The molecule has 0 saturated carbocycles. The molecule has 0 bridgehead atoms. The van der Waals surface area contributed by atoms with E-state index >= 15 is 0 Å². The molecule has 0 spiro atoms. The van der Waals surface area contributed by atoms with Gasteiger partial charge in [-0.1, -0.05) is 79.2 Å². The molecule has 3 rings (SSSR count). The maximum absolute atomic E-state index is 2.62. The number of nitrogens with zero attached hydrogens (tertiary/aromatic N) is 1. The van der Waals surface area contributed by atoms with E-state index in [4.69, 9.17) is 0 Å². The van der Waals surface area contributed by atoms with Crippen LogP contribution in [0.5, 0.6) is 0 Å². The molecular weight excluding hydrogens is 266 g/mol. The van der Waals surface area contributed by atoms with Crippen molar-refractivity contribution >= 4 is 0 Å². The predicted molar refractivity (Wildman–Crippen MR) is 93.5 cm³/mol. The molecule has 1 nitrogen and oxygen atoms in total. The Balaban J connectivity index is 1.77. The Morgan fingerprint density at radius 3 is 1.95 bits per heavy atom. The van der Waals surface area contributed by atoms with Gasteiger partial charge in [0.05, 0.1) is 0 Å². The van der Waals surface area contributed by atoms with Gasteiger partial charge in [-0.3, -0.25) is 4.90 Å². The van der Waals surface area contributed by atoms with E-state index in [9.17, 15) is 0 Å². The van der Waals surface area contributed by atoms with Gasteiger partial charge in [0.1, 0.15) is 0 Å². The van der Waals surface area contributed by atoms with Gasteiger partial charge >= 0.3 is 0 Å². The summed E-state index contributed by atoms with van der Waals surface area (Å²) in [5.41, 5.74) is 2.80. The van der Waals surface area contributed by atoms with E-state index in [0.29, 0.717) is 6.04 Å². The molecule has 0 N–H and O–H groups in total. The van der Waals surface area contributed by atoms with Crippen LogP contribution in [-0.4, -0.2) is 10.9 Å². The lowest BCUT2D eigenvalue weighted by molar-refractivity contribution is 0.201. The Kier molecular flexibility index (Phi) is 5.44. The van der Waals surface area contributed by atoms with Crippen LogP contribution >= 0.6 is 0 Å². The van der Waals surface area contributed by atoms with Crippen LogP contribution in [0.3, 0.4) is 0 Å². The number of hydrogen-bond acceptors (Lipinski definition) is 1. The highest BCUT2D eigenvalue weighted by Gasteiger charge is 2.17. The van der Waals surface area contributed by atoms with Crippen molar-refractivity contribution in [2.45, 2.75) is 44.8 Å². The molecule has 1 heteroatoms. The molecule has 0 radical (unpaired) electrons. The average molecular weight is 291 g/mol. The van der Waals surface area contributed by atoms with Crippen molar-refractivity contribution in [2.75, 3.05) is 0 Å². The van der Waals surface area contributed by atoms with E-state index in [1.165, 1.54) is 36.8 Å². The maximum atomic E-state index is 2.62. The monoisotopic (exact) mass is 291 g/mol.